The van der Waals surface area contributed by atoms with Crippen molar-refractivity contribution in [3.63, 3.8) is 0 Å². The largest absolute Gasteiger partial charge is 0.414 e. The molecule has 0 unspecified atom stereocenters. The van der Waals surface area contributed by atoms with E-state index in [1.54, 1.807) is 11.0 Å². The Morgan fingerprint density at radius 1 is 0.769 bits per heavy atom. The minimum Gasteiger partial charge on any atom is -0.414 e. The monoisotopic (exact) mass is 784 g/mol. The zero-order chi connectivity index (χ0) is 38.7. The molecule has 0 N–H and O–H groups in total. The van der Waals surface area contributed by atoms with E-state index >= 15 is 0 Å². The molecule has 1 aromatic carbocycles. The third kappa shape index (κ3) is 8.51. The maximum Gasteiger partial charge on any atom is 0.254 e. The van der Waals surface area contributed by atoms with Crippen molar-refractivity contribution in [2.24, 2.45) is 0 Å². The zero-order valence-corrected chi connectivity index (χ0v) is 37.8. The van der Waals surface area contributed by atoms with Crippen LogP contribution in [0.2, 0.25) is 59.5 Å². The number of fused-ring (bicyclic) bond motifs is 1. The molecule has 0 saturated carbocycles. The summed E-state index contributed by atoms with van der Waals surface area (Å²) < 4.78 is 32.3. The van der Waals surface area contributed by atoms with Crippen LogP contribution in [0.1, 0.15) is 79.7 Å². The van der Waals surface area contributed by atoms with E-state index in [1.165, 1.54) is 5.56 Å². The Labute approximate surface area is 319 Å². The second-order valence-corrected chi connectivity index (χ2v) is 33.6. The Morgan fingerprint density at radius 3 is 1.92 bits per heavy atom. The Hall–Kier alpha value is -2.24. The van der Waals surface area contributed by atoms with Gasteiger partial charge in [0.2, 0.25) is 0 Å². The molecule has 4 heterocycles. The third-order valence-electron chi connectivity index (χ3n) is 11.9. The van der Waals surface area contributed by atoms with Crippen LogP contribution in [0.5, 0.6) is 0 Å². The van der Waals surface area contributed by atoms with Gasteiger partial charge in [-0.1, -0.05) is 104 Å². The summed E-state index contributed by atoms with van der Waals surface area (Å²) in [6.07, 6.45) is 4.43. The number of nitrogens with zero attached hydrogens (tertiary/aromatic N) is 6. The number of imidazole rings is 1. The fourth-order valence-electron chi connectivity index (χ4n) is 5.43. The summed E-state index contributed by atoms with van der Waals surface area (Å²) in [5, 5.41) is 4.81. The topological polar surface area (TPSA) is 98.3 Å². The highest BCUT2D eigenvalue weighted by Gasteiger charge is 2.55. The van der Waals surface area contributed by atoms with Crippen molar-refractivity contribution < 1.29 is 18.0 Å². The fourth-order valence-corrected chi connectivity index (χ4v) is 9.25. The van der Waals surface area contributed by atoms with E-state index in [0.29, 0.717) is 23.7 Å². The van der Waals surface area contributed by atoms with Crippen LogP contribution in [0, 0.1) is 0 Å². The van der Waals surface area contributed by atoms with Gasteiger partial charge in [0.15, 0.2) is 42.0 Å². The molecule has 3 aromatic heterocycles. The van der Waals surface area contributed by atoms with Gasteiger partial charge in [-0.25, -0.2) is 9.67 Å². The maximum absolute atomic E-state index is 7.38. The van der Waals surface area contributed by atoms with Gasteiger partial charge in [0.25, 0.3) is 5.95 Å². The first-order valence-corrected chi connectivity index (χ1v) is 27.5. The lowest BCUT2D eigenvalue weighted by Gasteiger charge is -2.44. The summed E-state index contributed by atoms with van der Waals surface area (Å²) in [4.78, 5) is 14.3. The number of hydrogen-bond acceptors (Lipinski definition) is 8. The van der Waals surface area contributed by atoms with Gasteiger partial charge in [-0.15, -0.1) is 0 Å². The highest BCUT2D eigenvalue weighted by Crippen LogP contribution is 2.47. The van der Waals surface area contributed by atoms with Crippen LogP contribution < -0.4 is 0 Å². The van der Waals surface area contributed by atoms with Crippen LogP contribution in [0.15, 0.2) is 49.1 Å². The molecule has 4 atom stereocenters. The van der Waals surface area contributed by atoms with Crippen molar-refractivity contribution in [3.05, 3.63) is 65.3 Å². The van der Waals surface area contributed by atoms with Crippen molar-refractivity contribution in [1.29, 1.82) is 0 Å². The minimum absolute atomic E-state index is 0.0298. The molecule has 286 valence electrons. The van der Waals surface area contributed by atoms with E-state index in [2.05, 4.69) is 124 Å². The molecule has 14 heteroatoms. The number of halogens is 1. The lowest BCUT2D eigenvalue weighted by atomic mass is 10.1. The molecule has 1 aliphatic rings. The second kappa shape index (κ2) is 14.4. The van der Waals surface area contributed by atoms with Crippen LogP contribution in [0.4, 0.5) is 0 Å². The molecule has 52 heavy (non-hydrogen) atoms. The van der Waals surface area contributed by atoms with Crippen molar-refractivity contribution >= 4 is 47.7 Å². The van der Waals surface area contributed by atoms with Crippen LogP contribution in [0.3, 0.4) is 0 Å². The smallest absolute Gasteiger partial charge is 0.254 e. The molecule has 0 radical (unpaired) electrons. The third-order valence-corrected chi connectivity index (χ3v) is 25.6. The Kier molecular flexibility index (Phi) is 11.4. The molecule has 10 nitrogen and oxygen atoms in total. The number of ether oxygens (including phenoxy) is 1. The Morgan fingerprint density at radius 2 is 1.35 bits per heavy atom. The van der Waals surface area contributed by atoms with Crippen LogP contribution >= 0.6 is 11.6 Å². The lowest BCUT2D eigenvalue weighted by molar-refractivity contribution is -0.0470. The van der Waals surface area contributed by atoms with Crippen LogP contribution in [0.25, 0.3) is 17.1 Å². The summed E-state index contributed by atoms with van der Waals surface area (Å²) in [5.74, 6) is 0.352. The number of aromatic nitrogens is 6. The van der Waals surface area contributed by atoms with Gasteiger partial charge in [-0.2, -0.15) is 15.1 Å². The summed E-state index contributed by atoms with van der Waals surface area (Å²) in [7, 11) is -6.80. The summed E-state index contributed by atoms with van der Waals surface area (Å²) in [5.41, 5.74) is 3.26. The van der Waals surface area contributed by atoms with E-state index in [-0.39, 0.29) is 32.5 Å². The van der Waals surface area contributed by atoms with Crippen molar-refractivity contribution in [2.45, 2.75) is 148 Å². The predicted octanol–water partition coefficient (Wildman–Crippen LogP) is 9.96. The lowest BCUT2D eigenvalue weighted by Crippen LogP contribution is -2.54. The van der Waals surface area contributed by atoms with E-state index in [9.17, 15) is 0 Å². The first-order chi connectivity index (χ1) is 23.8. The SMILES string of the molecule is CC(C)(C)[Si](C)(C)OC[C@H]1O[C@@H](n2cnc3c(Cl)nc(-n4cc(Cc5ccccc5)cn4)nc32)[C@H](O[Si](C)(C)C(C)(C)C)[C@@H]1O[Si](C)(C)C(C)(C)C. The molecular formula is C38H61ClN6O4Si3. The van der Waals surface area contributed by atoms with Crippen LogP contribution in [-0.2, 0) is 24.4 Å². The zero-order valence-electron chi connectivity index (χ0n) is 34.0. The van der Waals surface area contributed by atoms with Crippen molar-refractivity contribution in [2.75, 3.05) is 6.61 Å². The van der Waals surface area contributed by atoms with Gasteiger partial charge in [0, 0.05) is 12.6 Å². The van der Waals surface area contributed by atoms with Gasteiger partial charge in [0.1, 0.15) is 23.8 Å². The van der Waals surface area contributed by atoms with Gasteiger partial charge in [-0.05, 0) is 65.5 Å². The van der Waals surface area contributed by atoms with E-state index < -0.39 is 37.3 Å². The average Bonchev–Trinajstić information content (AvgIpc) is 3.73. The van der Waals surface area contributed by atoms with Crippen LogP contribution in [-0.4, -0.2) is 79.2 Å². The van der Waals surface area contributed by atoms with Gasteiger partial charge in [0.05, 0.1) is 19.1 Å². The summed E-state index contributed by atoms with van der Waals surface area (Å²) >= 11 is 6.84. The standard InChI is InChI=1S/C38H61ClN6O4Si3/c1-36(2,3)50(10,11)46-24-28-30(48-51(12,13)37(4,5)6)31(49-52(14,15)38(7,8)9)34(47-28)44-25-40-29-32(39)42-35(43-33(29)44)45-23-27(22-41-45)21-26-19-17-16-18-20-26/h16-20,22-23,25,28,30-31,34H,21,24H2,1-15H3/t28-,30-,31-,34-/m1/s1. The molecule has 4 aromatic rings. The van der Waals surface area contributed by atoms with E-state index in [4.69, 9.17) is 39.6 Å². The molecule has 0 bridgehead atoms. The molecule has 0 spiro atoms. The fraction of sp³-hybridized carbons (Fsp3) is 0.632. The second-order valence-electron chi connectivity index (χ2n) is 18.9. The summed E-state index contributed by atoms with van der Waals surface area (Å²) in [6.45, 7) is 34.4. The highest BCUT2D eigenvalue weighted by molar-refractivity contribution is 6.75. The van der Waals surface area contributed by atoms with Crippen molar-refractivity contribution in [3.8, 4) is 5.95 Å². The highest BCUT2D eigenvalue weighted by atomic mass is 35.5. The van der Waals surface area contributed by atoms with E-state index in [1.807, 2.05) is 35.2 Å². The quantitative estimate of drug-likeness (QED) is 0.110. The Balaban J connectivity index is 1.60. The normalized spacial score (nSPS) is 21.0. The molecule has 1 saturated heterocycles. The van der Waals surface area contributed by atoms with Gasteiger partial charge in [-0.3, -0.25) is 4.57 Å². The average molecular weight is 786 g/mol. The molecule has 0 amide bonds. The minimum atomic E-state index is -2.36. The van der Waals surface area contributed by atoms with E-state index in [0.717, 1.165) is 12.0 Å². The predicted molar refractivity (Wildman–Crippen MR) is 218 cm³/mol. The molecule has 1 aliphatic heterocycles. The molecular weight excluding hydrogens is 724 g/mol. The van der Waals surface area contributed by atoms with Gasteiger partial charge >= 0.3 is 0 Å². The molecule has 5 rings (SSSR count). The molecule has 0 aliphatic carbocycles. The number of rotatable bonds is 11. The van der Waals surface area contributed by atoms with Crippen molar-refractivity contribution in [1.82, 2.24) is 29.3 Å². The first kappa shape index (κ1) is 40.9. The first-order valence-electron chi connectivity index (χ1n) is 18.4. The van der Waals surface area contributed by atoms with Gasteiger partial charge < -0.3 is 18.0 Å². The summed E-state index contributed by atoms with van der Waals surface area (Å²) in [6, 6.07) is 10.3. The Bertz CT molecular complexity index is 1840. The number of hydrogen-bond donors (Lipinski definition) is 0. The maximum atomic E-state index is 7.38. The molecule has 1 fully saturated rings. The number of benzene rings is 1.